The Hall–Kier alpha value is -2.17. The van der Waals surface area contributed by atoms with Crippen LogP contribution in [0.2, 0.25) is 0 Å². The number of nitrogens with one attached hydrogen (secondary N) is 1. The molecule has 0 radical (unpaired) electrons. The number of imidazole rings is 1. The topological polar surface area (TPSA) is 59.8 Å². The van der Waals surface area contributed by atoms with Gasteiger partial charge < -0.3 is 9.88 Å². The third kappa shape index (κ3) is 2.11. The van der Waals surface area contributed by atoms with E-state index in [-0.39, 0.29) is 11.9 Å². The Morgan fingerprint density at radius 2 is 2.39 bits per heavy atom. The van der Waals surface area contributed by atoms with Gasteiger partial charge in [0.2, 0.25) is 0 Å². The lowest BCUT2D eigenvalue weighted by Crippen LogP contribution is -2.40. The molecule has 1 aliphatic heterocycles. The van der Waals surface area contributed by atoms with Crippen molar-refractivity contribution in [2.75, 3.05) is 0 Å². The van der Waals surface area contributed by atoms with E-state index in [9.17, 15) is 4.79 Å². The highest BCUT2D eigenvalue weighted by Gasteiger charge is 2.20. The summed E-state index contributed by atoms with van der Waals surface area (Å²) in [6, 6.07) is 5.51. The van der Waals surface area contributed by atoms with Crippen LogP contribution in [0.3, 0.4) is 0 Å². The number of hydrogen-bond acceptors (Lipinski definition) is 3. The molecule has 1 unspecified atom stereocenters. The first-order chi connectivity index (χ1) is 8.83. The molecule has 92 valence electrons. The third-order valence-corrected chi connectivity index (χ3v) is 3.21. The molecular formula is C13H14N4O. The average molecular weight is 242 g/mol. The molecule has 0 spiro atoms. The Labute approximate surface area is 105 Å². The summed E-state index contributed by atoms with van der Waals surface area (Å²) in [7, 11) is 0. The molecule has 1 amide bonds. The molecule has 0 saturated heterocycles. The Balaban J connectivity index is 1.67. The van der Waals surface area contributed by atoms with Crippen LogP contribution in [0.15, 0.2) is 36.9 Å². The molecule has 3 heterocycles. The minimum absolute atomic E-state index is 0.103. The molecule has 5 nitrogen and oxygen atoms in total. The van der Waals surface area contributed by atoms with Crippen LogP contribution in [0, 0.1) is 0 Å². The molecule has 0 bridgehead atoms. The number of amides is 1. The standard InChI is InChI=1S/C13H14N4O/c18-13(12-3-1-2-5-15-12)16-10-4-6-17-9-14-8-11(17)7-10/h1-3,5,8-10H,4,6-7H2,(H,16,18). The molecule has 0 aromatic carbocycles. The van der Waals surface area contributed by atoms with E-state index in [1.165, 1.54) is 5.69 Å². The van der Waals surface area contributed by atoms with E-state index in [0.717, 1.165) is 19.4 Å². The van der Waals surface area contributed by atoms with Crippen molar-refractivity contribution in [2.24, 2.45) is 0 Å². The zero-order chi connectivity index (χ0) is 12.4. The second-order valence-electron chi connectivity index (χ2n) is 4.46. The Kier molecular flexibility index (Phi) is 2.80. The molecule has 18 heavy (non-hydrogen) atoms. The molecule has 1 aliphatic rings. The summed E-state index contributed by atoms with van der Waals surface area (Å²) < 4.78 is 2.13. The molecule has 1 atom stereocenters. The summed E-state index contributed by atoms with van der Waals surface area (Å²) in [5, 5.41) is 3.02. The summed E-state index contributed by atoms with van der Waals surface area (Å²) in [5.74, 6) is -0.103. The Morgan fingerprint density at radius 3 is 3.22 bits per heavy atom. The number of aryl methyl sites for hydroxylation is 1. The smallest absolute Gasteiger partial charge is 0.270 e. The van der Waals surface area contributed by atoms with Crippen LogP contribution in [0.4, 0.5) is 0 Å². The van der Waals surface area contributed by atoms with Crippen molar-refractivity contribution in [2.45, 2.75) is 25.4 Å². The van der Waals surface area contributed by atoms with Gasteiger partial charge in [0.05, 0.1) is 6.33 Å². The largest absolute Gasteiger partial charge is 0.348 e. The molecule has 2 aromatic heterocycles. The second kappa shape index (κ2) is 4.60. The third-order valence-electron chi connectivity index (χ3n) is 3.21. The van der Waals surface area contributed by atoms with Crippen LogP contribution in [-0.4, -0.2) is 26.5 Å². The maximum atomic E-state index is 12.0. The molecule has 0 aliphatic carbocycles. The summed E-state index contributed by atoms with van der Waals surface area (Å²) in [4.78, 5) is 20.1. The molecule has 0 saturated carbocycles. The summed E-state index contributed by atoms with van der Waals surface area (Å²) in [6.45, 7) is 0.905. The monoisotopic (exact) mass is 242 g/mol. The van der Waals surface area contributed by atoms with E-state index < -0.39 is 0 Å². The summed E-state index contributed by atoms with van der Waals surface area (Å²) >= 11 is 0. The zero-order valence-corrected chi connectivity index (χ0v) is 9.91. The fourth-order valence-corrected chi connectivity index (χ4v) is 2.25. The van der Waals surface area contributed by atoms with E-state index in [4.69, 9.17) is 0 Å². The fourth-order valence-electron chi connectivity index (χ4n) is 2.25. The zero-order valence-electron chi connectivity index (χ0n) is 9.91. The lowest BCUT2D eigenvalue weighted by atomic mass is 10.0. The van der Waals surface area contributed by atoms with Gasteiger partial charge >= 0.3 is 0 Å². The van der Waals surface area contributed by atoms with Crippen molar-refractivity contribution in [3.63, 3.8) is 0 Å². The number of carbonyl (C=O) groups is 1. The predicted octanol–water partition coefficient (Wildman–Crippen LogP) is 1.02. The Morgan fingerprint density at radius 1 is 1.44 bits per heavy atom. The number of rotatable bonds is 2. The normalized spacial score (nSPS) is 18.1. The minimum Gasteiger partial charge on any atom is -0.348 e. The van der Waals surface area contributed by atoms with Gasteiger partial charge in [0.25, 0.3) is 5.91 Å². The molecule has 3 rings (SSSR count). The van der Waals surface area contributed by atoms with Gasteiger partial charge in [-0.2, -0.15) is 0 Å². The van der Waals surface area contributed by atoms with Gasteiger partial charge in [-0.1, -0.05) is 6.07 Å². The minimum atomic E-state index is -0.103. The van der Waals surface area contributed by atoms with Crippen LogP contribution in [0.5, 0.6) is 0 Å². The quantitative estimate of drug-likeness (QED) is 0.855. The van der Waals surface area contributed by atoms with Crippen LogP contribution in [0.1, 0.15) is 22.6 Å². The number of nitrogens with zero attached hydrogens (tertiary/aromatic N) is 3. The number of fused-ring (bicyclic) bond motifs is 1. The predicted molar refractivity (Wildman–Crippen MR) is 66.0 cm³/mol. The first-order valence-corrected chi connectivity index (χ1v) is 6.04. The first kappa shape index (κ1) is 11.0. The molecule has 1 N–H and O–H groups in total. The van der Waals surface area contributed by atoms with Gasteiger partial charge in [0, 0.05) is 37.1 Å². The summed E-state index contributed by atoms with van der Waals surface area (Å²) in [5.41, 5.74) is 1.64. The first-order valence-electron chi connectivity index (χ1n) is 6.04. The van der Waals surface area contributed by atoms with Crippen molar-refractivity contribution in [1.82, 2.24) is 19.9 Å². The Bertz CT molecular complexity index is 549. The van der Waals surface area contributed by atoms with E-state index in [1.807, 2.05) is 18.6 Å². The van der Waals surface area contributed by atoms with Crippen molar-refractivity contribution in [3.8, 4) is 0 Å². The van der Waals surface area contributed by atoms with Crippen molar-refractivity contribution < 1.29 is 4.79 Å². The highest BCUT2D eigenvalue weighted by atomic mass is 16.1. The molecule has 2 aromatic rings. The van der Waals surface area contributed by atoms with Gasteiger partial charge in [0.1, 0.15) is 5.69 Å². The van der Waals surface area contributed by atoms with Crippen LogP contribution >= 0.6 is 0 Å². The van der Waals surface area contributed by atoms with Gasteiger partial charge in [-0.3, -0.25) is 9.78 Å². The van der Waals surface area contributed by atoms with Gasteiger partial charge in [-0.05, 0) is 18.6 Å². The van der Waals surface area contributed by atoms with Gasteiger partial charge in [-0.25, -0.2) is 4.98 Å². The number of aromatic nitrogens is 3. The lowest BCUT2D eigenvalue weighted by Gasteiger charge is -2.24. The maximum absolute atomic E-state index is 12.0. The number of hydrogen-bond donors (Lipinski definition) is 1. The van der Waals surface area contributed by atoms with Gasteiger partial charge in [0.15, 0.2) is 0 Å². The van der Waals surface area contributed by atoms with Crippen LogP contribution in [-0.2, 0) is 13.0 Å². The molecule has 0 fully saturated rings. The van der Waals surface area contributed by atoms with E-state index in [0.29, 0.717) is 5.69 Å². The SMILES string of the molecule is O=C(NC1CCn2cncc2C1)c1ccccn1. The highest BCUT2D eigenvalue weighted by Crippen LogP contribution is 2.14. The second-order valence-corrected chi connectivity index (χ2v) is 4.46. The van der Waals surface area contributed by atoms with E-state index in [2.05, 4.69) is 19.9 Å². The highest BCUT2D eigenvalue weighted by molar-refractivity contribution is 5.92. The van der Waals surface area contributed by atoms with Crippen LogP contribution < -0.4 is 5.32 Å². The summed E-state index contributed by atoms with van der Waals surface area (Å²) in [6.07, 6.45) is 7.09. The number of pyridine rings is 1. The van der Waals surface area contributed by atoms with Crippen molar-refractivity contribution in [1.29, 1.82) is 0 Å². The van der Waals surface area contributed by atoms with Crippen LogP contribution in [0.25, 0.3) is 0 Å². The molecular weight excluding hydrogens is 228 g/mol. The fraction of sp³-hybridized carbons (Fsp3) is 0.308. The van der Waals surface area contributed by atoms with Crippen molar-refractivity contribution in [3.05, 3.63) is 48.3 Å². The number of carbonyl (C=O) groups excluding carboxylic acids is 1. The lowest BCUT2D eigenvalue weighted by molar-refractivity contribution is 0.0926. The maximum Gasteiger partial charge on any atom is 0.270 e. The van der Waals surface area contributed by atoms with Gasteiger partial charge in [-0.15, -0.1) is 0 Å². The average Bonchev–Trinajstić information content (AvgIpc) is 2.87. The van der Waals surface area contributed by atoms with E-state index in [1.54, 1.807) is 18.3 Å². The molecule has 5 heteroatoms. The van der Waals surface area contributed by atoms with Crippen molar-refractivity contribution >= 4 is 5.91 Å². The van der Waals surface area contributed by atoms with E-state index >= 15 is 0 Å².